The van der Waals surface area contributed by atoms with Crippen molar-refractivity contribution in [1.82, 2.24) is 19.2 Å². The van der Waals surface area contributed by atoms with E-state index in [1.54, 1.807) is 18.5 Å². The summed E-state index contributed by atoms with van der Waals surface area (Å²) in [6.45, 7) is 4.11. The number of ether oxygens (including phenoxy) is 1. The summed E-state index contributed by atoms with van der Waals surface area (Å²) in [4.78, 5) is 6.82. The second kappa shape index (κ2) is 5.85. The largest absolute Gasteiger partial charge is 0.377 e. The predicted octanol–water partition coefficient (Wildman–Crippen LogP) is 1.46. The lowest BCUT2D eigenvalue weighted by Gasteiger charge is -2.35. The van der Waals surface area contributed by atoms with E-state index < -0.39 is 10.0 Å². The number of H-pyrrole nitrogens is 1. The molecule has 1 aliphatic rings. The molecular weight excluding hydrogens is 342 g/mol. The van der Waals surface area contributed by atoms with Gasteiger partial charge >= 0.3 is 0 Å². The van der Waals surface area contributed by atoms with Crippen molar-refractivity contribution in [3.8, 4) is 11.4 Å². The van der Waals surface area contributed by atoms with Crippen molar-refractivity contribution in [2.24, 2.45) is 0 Å². The number of aromatic nitrogens is 4. The molecule has 0 aromatic carbocycles. The Balaban J connectivity index is 1.99. The molecule has 9 heteroatoms. The summed E-state index contributed by atoms with van der Waals surface area (Å²) in [6.07, 6.45) is 4.38. The van der Waals surface area contributed by atoms with E-state index >= 15 is 0 Å². The molecule has 25 heavy (non-hydrogen) atoms. The first-order valence-corrected chi connectivity index (χ1v) is 9.87. The van der Waals surface area contributed by atoms with Gasteiger partial charge in [-0.1, -0.05) is 0 Å². The molecule has 0 unspecified atom stereocenters. The smallest absolute Gasteiger partial charge is 0.237 e. The van der Waals surface area contributed by atoms with Crippen molar-refractivity contribution < 1.29 is 13.2 Å². The summed E-state index contributed by atoms with van der Waals surface area (Å²) in [5.41, 5.74) is 2.77. The van der Waals surface area contributed by atoms with E-state index in [1.807, 2.05) is 12.1 Å². The number of morpholine rings is 1. The highest BCUT2D eigenvalue weighted by Gasteiger charge is 2.24. The maximum atomic E-state index is 12.1. The molecule has 0 saturated carbocycles. The van der Waals surface area contributed by atoms with Gasteiger partial charge in [0, 0.05) is 30.4 Å². The number of nitrogens with zero attached hydrogens (tertiary/aromatic N) is 4. The minimum absolute atomic E-state index is 0.190. The number of nitrogens with one attached hydrogen (secondary N) is 1. The molecule has 1 N–H and O–H groups in total. The fraction of sp³-hybridized carbons (Fsp3) is 0.375. The Morgan fingerprint density at radius 2 is 2.20 bits per heavy atom. The van der Waals surface area contributed by atoms with E-state index in [0.29, 0.717) is 24.6 Å². The molecule has 1 atom stereocenters. The molecule has 1 fully saturated rings. The van der Waals surface area contributed by atoms with Crippen LogP contribution >= 0.6 is 0 Å². The second-order valence-corrected chi connectivity index (χ2v) is 8.09. The second-order valence-electron chi connectivity index (χ2n) is 6.23. The molecule has 0 spiro atoms. The summed E-state index contributed by atoms with van der Waals surface area (Å²) in [5.74, 6) is 0. The van der Waals surface area contributed by atoms with Crippen LogP contribution < -0.4 is 4.90 Å². The zero-order valence-corrected chi connectivity index (χ0v) is 14.8. The topological polar surface area (TPSA) is 93.1 Å². The van der Waals surface area contributed by atoms with Gasteiger partial charge in [-0.25, -0.2) is 17.4 Å². The van der Waals surface area contributed by atoms with Gasteiger partial charge in [-0.05, 0) is 25.1 Å². The Morgan fingerprint density at radius 1 is 1.36 bits per heavy atom. The molecule has 132 valence electrons. The molecule has 0 amide bonds. The molecule has 1 aliphatic heterocycles. The Bertz CT molecular complexity index is 1010. The van der Waals surface area contributed by atoms with E-state index in [9.17, 15) is 8.42 Å². The van der Waals surface area contributed by atoms with E-state index in [2.05, 4.69) is 27.0 Å². The van der Waals surface area contributed by atoms with Crippen LogP contribution in [0.5, 0.6) is 0 Å². The number of aromatic amines is 1. The summed E-state index contributed by atoms with van der Waals surface area (Å²) in [6, 6.07) is 5.78. The third-order valence-corrected chi connectivity index (χ3v) is 5.42. The van der Waals surface area contributed by atoms with Crippen LogP contribution in [-0.2, 0) is 14.8 Å². The number of pyridine rings is 1. The van der Waals surface area contributed by atoms with Crippen molar-refractivity contribution in [3.05, 3.63) is 30.6 Å². The molecule has 3 aromatic heterocycles. The van der Waals surface area contributed by atoms with E-state index in [0.717, 1.165) is 23.3 Å². The maximum Gasteiger partial charge on any atom is 0.237 e. The quantitative estimate of drug-likeness (QED) is 0.759. The lowest BCUT2D eigenvalue weighted by atomic mass is 10.1. The minimum Gasteiger partial charge on any atom is -0.377 e. The lowest BCUT2D eigenvalue weighted by Crippen LogP contribution is -2.43. The molecule has 0 bridgehead atoms. The van der Waals surface area contributed by atoms with Crippen LogP contribution in [0.1, 0.15) is 6.92 Å². The van der Waals surface area contributed by atoms with Crippen LogP contribution in [-0.4, -0.2) is 59.6 Å². The molecule has 8 nitrogen and oxygen atoms in total. The SMILES string of the molecule is C[C@@H]1COCCN1c1cc(-c2ccn[nH]2)nc2c1ccn2S(C)(=O)=O. The number of fused-ring (bicyclic) bond motifs is 1. The van der Waals surface area contributed by atoms with Gasteiger partial charge in [0.25, 0.3) is 0 Å². The first kappa shape index (κ1) is 16.1. The number of hydrogen-bond acceptors (Lipinski definition) is 6. The zero-order chi connectivity index (χ0) is 17.6. The fourth-order valence-corrected chi connectivity index (χ4v) is 3.93. The molecule has 3 aromatic rings. The molecule has 4 rings (SSSR count). The monoisotopic (exact) mass is 361 g/mol. The van der Waals surface area contributed by atoms with Gasteiger partial charge in [-0.15, -0.1) is 0 Å². The van der Waals surface area contributed by atoms with Gasteiger partial charge in [0.1, 0.15) is 0 Å². The molecule has 1 saturated heterocycles. The van der Waals surface area contributed by atoms with E-state index in [4.69, 9.17) is 4.74 Å². The van der Waals surface area contributed by atoms with Gasteiger partial charge in [0.2, 0.25) is 10.0 Å². The summed E-state index contributed by atoms with van der Waals surface area (Å²) in [7, 11) is -3.45. The third kappa shape index (κ3) is 2.79. The van der Waals surface area contributed by atoms with Gasteiger partial charge in [-0.3, -0.25) is 5.10 Å². The Labute approximate surface area is 145 Å². The Kier molecular flexibility index (Phi) is 3.77. The molecular formula is C16H19N5O3S. The van der Waals surface area contributed by atoms with Crippen molar-refractivity contribution in [2.75, 3.05) is 30.9 Å². The summed E-state index contributed by atoms with van der Waals surface area (Å²) < 4.78 is 31.0. The van der Waals surface area contributed by atoms with Crippen molar-refractivity contribution in [1.29, 1.82) is 0 Å². The van der Waals surface area contributed by atoms with Crippen LogP contribution in [0.2, 0.25) is 0 Å². The Hall–Kier alpha value is -2.39. The average Bonchev–Trinajstić information content (AvgIpc) is 3.23. The highest BCUT2D eigenvalue weighted by molar-refractivity contribution is 7.89. The van der Waals surface area contributed by atoms with Crippen molar-refractivity contribution in [2.45, 2.75) is 13.0 Å². The van der Waals surface area contributed by atoms with Gasteiger partial charge in [0.05, 0.1) is 36.5 Å². The minimum atomic E-state index is -3.45. The maximum absolute atomic E-state index is 12.1. The summed E-state index contributed by atoms with van der Waals surface area (Å²) in [5, 5.41) is 7.67. The van der Waals surface area contributed by atoms with Crippen LogP contribution in [0.25, 0.3) is 22.4 Å². The number of anilines is 1. The summed E-state index contributed by atoms with van der Waals surface area (Å²) >= 11 is 0. The number of rotatable bonds is 3. The first-order valence-electron chi connectivity index (χ1n) is 8.02. The van der Waals surface area contributed by atoms with Crippen LogP contribution in [0.15, 0.2) is 30.6 Å². The third-order valence-electron chi connectivity index (χ3n) is 4.41. The standard InChI is InChI=1S/C16H19N5O3S/c1-11-10-24-8-7-20(11)15-9-14(13-3-5-17-19-13)18-16-12(15)4-6-21(16)25(2,22)23/h3-6,9,11H,7-8,10H2,1-2H3,(H,17,19)/t11-/m1/s1. The van der Waals surface area contributed by atoms with Crippen LogP contribution in [0, 0.1) is 0 Å². The molecule has 0 aliphatic carbocycles. The zero-order valence-electron chi connectivity index (χ0n) is 14.0. The van der Waals surface area contributed by atoms with Gasteiger partial charge < -0.3 is 9.64 Å². The van der Waals surface area contributed by atoms with Gasteiger partial charge in [-0.2, -0.15) is 5.10 Å². The highest BCUT2D eigenvalue weighted by atomic mass is 32.2. The van der Waals surface area contributed by atoms with Gasteiger partial charge in [0.15, 0.2) is 5.65 Å². The number of hydrogen-bond donors (Lipinski definition) is 1. The van der Waals surface area contributed by atoms with Crippen molar-refractivity contribution in [3.63, 3.8) is 0 Å². The average molecular weight is 361 g/mol. The van der Waals surface area contributed by atoms with Crippen molar-refractivity contribution >= 4 is 26.7 Å². The predicted molar refractivity (Wildman–Crippen MR) is 95.2 cm³/mol. The normalized spacial score (nSPS) is 18.8. The fourth-order valence-electron chi connectivity index (χ4n) is 3.20. The van der Waals surface area contributed by atoms with Crippen LogP contribution in [0.4, 0.5) is 5.69 Å². The molecule has 0 radical (unpaired) electrons. The lowest BCUT2D eigenvalue weighted by molar-refractivity contribution is 0.0991. The van der Waals surface area contributed by atoms with Crippen LogP contribution in [0.3, 0.4) is 0 Å². The molecule has 4 heterocycles. The van der Waals surface area contributed by atoms with E-state index in [-0.39, 0.29) is 6.04 Å². The highest BCUT2D eigenvalue weighted by Crippen LogP contribution is 2.33. The Morgan fingerprint density at radius 3 is 2.88 bits per heavy atom. The first-order chi connectivity index (χ1) is 11.9. The van der Waals surface area contributed by atoms with E-state index in [1.165, 1.54) is 10.2 Å².